The summed E-state index contributed by atoms with van der Waals surface area (Å²) in [5.41, 5.74) is 0.964. The minimum absolute atomic E-state index is 0.155. The number of rotatable bonds is 4. The molecule has 1 aliphatic heterocycles. The lowest BCUT2D eigenvalue weighted by Crippen LogP contribution is -2.35. The molecule has 1 heterocycles. The second-order valence-corrected chi connectivity index (χ2v) is 5.78. The van der Waals surface area contributed by atoms with E-state index in [0.29, 0.717) is 13.1 Å². The monoisotopic (exact) mass is 305 g/mol. The van der Waals surface area contributed by atoms with Crippen molar-refractivity contribution in [1.82, 2.24) is 4.90 Å². The van der Waals surface area contributed by atoms with E-state index < -0.39 is 5.97 Å². The van der Waals surface area contributed by atoms with Crippen LogP contribution in [0.2, 0.25) is 0 Å². The van der Waals surface area contributed by atoms with Gasteiger partial charge in [0.2, 0.25) is 0 Å². The lowest BCUT2D eigenvalue weighted by Gasteiger charge is -2.27. The predicted molar refractivity (Wildman–Crippen MR) is 82.4 cm³/mol. The molecule has 1 aromatic carbocycles. The van der Waals surface area contributed by atoms with Gasteiger partial charge in [-0.1, -0.05) is 36.8 Å². The number of aliphatic carboxylic acids is 1. The highest BCUT2D eigenvalue weighted by Crippen LogP contribution is 2.21. The molecule has 1 unspecified atom stereocenters. The first kappa shape index (κ1) is 16.3. The Bertz CT molecular complexity index is 489. The molecular weight excluding hydrogens is 282 g/mol. The van der Waals surface area contributed by atoms with Crippen LogP contribution < -0.4 is 0 Å². The first-order valence-electron chi connectivity index (χ1n) is 7.82. The fraction of sp³-hybridized carbons (Fsp3) is 0.529. The second kappa shape index (κ2) is 8.41. The fourth-order valence-electron chi connectivity index (χ4n) is 2.77. The molecule has 5 heteroatoms. The highest BCUT2D eigenvalue weighted by Gasteiger charge is 2.21. The molecule has 120 valence electrons. The number of nitrogens with zero attached hydrogens (tertiary/aromatic N) is 1. The highest BCUT2D eigenvalue weighted by molar-refractivity contribution is 5.68. The topological polar surface area (TPSA) is 66.8 Å². The highest BCUT2D eigenvalue weighted by atomic mass is 16.6. The molecule has 0 radical (unpaired) electrons. The molecule has 0 spiro atoms. The van der Waals surface area contributed by atoms with Gasteiger partial charge >= 0.3 is 12.1 Å². The number of ether oxygens (including phenoxy) is 1. The third-order valence-corrected chi connectivity index (χ3v) is 4.02. The first-order valence-corrected chi connectivity index (χ1v) is 7.82. The lowest BCUT2D eigenvalue weighted by molar-refractivity contribution is -0.138. The van der Waals surface area contributed by atoms with Crippen molar-refractivity contribution in [2.24, 2.45) is 5.92 Å². The van der Waals surface area contributed by atoms with Crippen molar-refractivity contribution >= 4 is 12.1 Å². The van der Waals surface area contributed by atoms with Crippen LogP contribution in [0.3, 0.4) is 0 Å². The number of carbonyl (C=O) groups excluding carboxylic acids is 1. The summed E-state index contributed by atoms with van der Waals surface area (Å²) in [4.78, 5) is 24.7. The lowest BCUT2D eigenvalue weighted by atomic mass is 9.93. The van der Waals surface area contributed by atoms with E-state index in [0.717, 1.165) is 31.2 Å². The number of hydrogen-bond donors (Lipinski definition) is 1. The molecule has 1 aromatic rings. The molecule has 22 heavy (non-hydrogen) atoms. The Hall–Kier alpha value is -2.04. The maximum Gasteiger partial charge on any atom is 0.410 e. The Morgan fingerprint density at radius 3 is 2.64 bits per heavy atom. The van der Waals surface area contributed by atoms with E-state index in [9.17, 15) is 9.59 Å². The zero-order valence-electron chi connectivity index (χ0n) is 12.7. The molecule has 0 saturated carbocycles. The maximum absolute atomic E-state index is 12.2. The second-order valence-electron chi connectivity index (χ2n) is 5.78. The predicted octanol–water partition coefficient (Wildman–Crippen LogP) is 3.29. The third-order valence-electron chi connectivity index (χ3n) is 4.02. The summed E-state index contributed by atoms with van der Waals surface area (Å²) in [5.74, 6) is -0.606. The van der Waals surface area contributed by atoms with E-state index in [1.807, 2.05) is 30.3 Å². The number of amides is 1. The van der Waals surface area contributed by atoms with Gasteiger partial charge in [-0.15, -0.1) is 0 Å². The van der Waals surface area contributed by atoms with Crippen molar-refractivity contribution in [1.29, 1.82) is 0 Å². The number of carboxylic acids is 1. The molecule has 0 aromatic heterocycles. The van der Waals surface area contributed by atoms with Gasteiger partial charge in [0.25, 0.3) is 0 Å². The summed E-state index contributed by atoms with van der Waals surface area (Å²) in [6.07, 6.45) is 3.40. The molecule has 1 aliphatic rings. The largest absolute Gasteiger partial charge is 0.481 e. The van der Waals surface area contributed by atoms with Gasteiger partial charge in [0.1, 0.15) is 6.61 Å². The summed E-state index contributed by atoms with van der Waals surface area (Å²) in [6, 6.07) is 9.59. The molecule has 0 bridgehead atoms. The van der Waals surface area contributed by atoms with Crippen LogP contribution in [0.4, 0.5) is 4.79 Å². The van der Waals surface area contributed by atoms with E-state index in [2.05, 4.69) is 0 Å². The van der Waals surface area contributed by atoms with Crippen LogP contribution in [0.5, 0.6) is 0 Å². The average molecular weight is 305 g/mol. The molecule has 2 rings (SSSR count). The van der Waals surface area contributed by atoms with E-state index >= 15 is 0 Å². The number of carbonyl (C=O) groups is 2. The van der Waals surface area contributed by atoms with Crippen LogP contribution in [0.25, 0.3) is 0 Å². The number of benzene rings is 1. The minimum atomic E-state index is -0.760. The van der Waals surface area contributed by atoms with Crippen LogP contribution in [-0.4, -0.2) is 35.2 Å². The van der Waals surface area contributed by atoms with Gasteiger partial charge in [0.05, 0.1) is 0 Å². The molecule has 1 atom stereocenters. The molecule has 5 nitrogen and oxygen atoms in total. The molecule has 1 N–H and O–H groups in total. The van der Waals surface area contributed by atoms with Gasteiger partial charge < -0.3 is 14.7 Å². The Kier molecular flexibility index (Phi) is 6.25. The maximum atomic E-state index is 12.2. The smallest absolute Gasteiger partial charge is 0.410 e. The number of carboxylic acid groups (broad SMARTS) is 1. The summed E-state index contributed by atoms with van der Waals surface area (Å²) < 4.78 is 5.35. The molecule has 1 fully saturated rings. The van der Waals surface area contributed by atoms with E-state index in [4.69, 9.17) is 9.84 Å². The van der Waals surface area contributed by atoms with Crippen molar-refractivity contribution < 1.29 is 19.4 Å². The molecule has 1 amide bonds. The molecular formula is C17H23NO4. The Morgan fingerprint density at radius 2 is 1.91 bits per heavy atom. The van der Waals surface area contributed by atoms with Gasteiger partial charge in [0.15, 0.2) is 0 Å². The van der Waals surface area contributed by atoms with Gasteiger partial charge in [-0.05, 0) is 30.7 Å². The van der Waals surface area contributed by atoms with Gasteiger partial charge in [0, 0.05) is 19.5 Å². The van der Waals surface area contributed by atoms with E-state index in [1.165, 1.54) is 0 Å². The van der Waals surface area contributed by atoms with Gasteiger partial charge in [-0.3, -0.25) is 4.79 Å². The Morgan fingerprint density at radius 1 is 1.14 bits per heavy atom. The fourth-order valence-corrected chi connectivity index (χ4v) is 2.77. The zero-order valence-corrected chi connectivity index (χ0v) is 12.7. The van der Waals surface area contributed by atoms with Crippen LogP contribution in [-0.2, 0) is 16.1 Å². The van der Waals surface area contributed by atoms with Crippen LogP contribution >= 0.6 is 0 Å². The normalized spacial score (nSPS) is 19.1. The van der Waals surface area contributed by atoms with E-state index in [-0.39, 0.29) is 25.0 Å². The van der Waals surface area contributed by atoms with Crippen molar-refractivity contribution in [2.75, 3.05) is 13.1 Å². The van der Waals surface area contributed by atoms with Crippen molar-refractivity contribution in [3.63, 3.8) is 0 Å². The standard InChI is InChI=1S/C17H23NO4/c19-16(20)12-14-6-4-5-10-18(11-9-14)17(21)22-13-15-7-2-1-3-8-15/h1-3,7-8,14H,4-6,9-13H2,(H,19,20). The Balaban J connectivity index is 1.82. The SMILES string of the molecule is O=C(O)CC1CCCCN(C(=O)OCc2ccccc2)CC1. The summed E-state index contributed by atoms with van der Waals surface area (Å²) in [5, 5.41) is 8.91. The van der Waals surface area contributed by atoms with Crippen molar-refractivity contribution in [2.45, 2.75) is 38.7 Å². The number of hydrogen-bond acceptors (Lipinski definition) is 3. The van der Waals surface area contributed by atoms with Crippen molar-refractivity contribution in [3.05, 3.63) is 35.9 Å². The summed E-state index contributed by atoms with van der Waals surface area (Å²) in [6.45, 7) is 1.54. The van der Waals surface area contributed by atoms with Gasteiger partial charge in [-0.2, -0.15) is 0 Å². The Labute approximate surface area is 130 Å². The van der Waals surface area contributed by atoms with Crippen LogP contribution in [0, 0.1) is 5.92 Å². The van der Waals surface area contributed by atoms with Crippen LogP contribution in [0.1, 0.15) is 37.7 Å². The van der Waals surface area contributed by atoms with Crippen molar-refractivity contribution in [3.8, 4) is 0 Å². The van der Waals surface area contributed by atoms with Crippen LogP contribution in [0.15, 0.2) is 30.3 Å². The first-order chi connectivity index (χ1) is 10.6. The molecule has 1 saturated heterocycles. The summed E-state index contributed by atoms with van der Waals surface area (Å²) >= 11 is 0. The van der Waals surface area contributed by atoms with Gasteiger partial charge in [-0.25, -0.2) is 4.79 Å². The summed E-state index contributed by atoms with van der Waals surface area (Å²) in [7, 11) is 0. The number of likely N-dealkylation sites (tertiary alicyclic amines) is 1. The quantitative estimate of drug-likeness (QED) is 0.927. The zero-order chi connectivity index (χ0) is 15.8. The third kappa shape index (κ3) is 5.39. The average Bonchev–Trinajstić information content (AvgIpc) is 2.48. The van der Waals surface area contributed by atoms with E-state index in [1.54, 1.807) is 4.90 Å². The minimum Gasteiger partial charge on any atom is -0.481 e. The molecule has 0 aliphatic carbocycles.